The molecule has 0 fully saturated rings. The van der Waals surface area contributed by atoms with Crippen LogP contribution in [0, 0.1) is 0 Å². The number of hydrogen-bond donors (Lipinski definition) is 1. The molecule has 0 spiro atoms. The first-order valence-electron chi connectivity index (χ1n) is 7.13. The van der Waals surface area contributed by atoms with Crippen molar-refractivity contribution in [3.63, 3.8) is 0 Å². The van der Waals surface area contributed by atoms with Crippen LogP contribution in [0.15, 0.2) is 81.3 Å². The topological polar surface area (TPSA) is 37.3 Å². The van der Waals surface area contributed by atoms with Crippen LogP contribution in [0.4, 0.5) is 0 Å². The van der Waals surface area contributed by atoms with Crippen molar-refractivity contribution in [2.45, 2.75) is 9.79 Å². The first-order chi connectivity index (χ1) is 11.2. The lowest BCUT2D eigenvalue weighted by atomic mass is 10.2. The van der Waals surface area contributed by atoms with Gasteiger partial charge in [-0.1, -0.05) is 23.9 Å². The van der Waals surface area contributed by atoms with E-state index >= 15 is 0 Å². The molecular formula is C19H12O2S2. The van der Waals surface area contributed by atoms with Crippen LogP contribution in [-0.2, 0) is 0 Å². The van der Waals surface area contributed by atoms with E-state index in [9.17, 15) is 9.90 Å². The minimum Gasteiger partial charge on any atom is -0.508 e. The van der Waals surface area contributed by atoms with Gasteiger partial charge in [-0.15, -0.1) is 11.3 Å². The molecule has 0 atom stereocenters. The van der Waals surface area contributed by atoms with Crippen molar-refractivity contribution in [3.8, 4) is 5.75 Å². The number of fused-ring (bicyclic) bond motifs is 2. The minimum absolute atomic E-state index is 0.0857. The fourth-order valence-electron chi connectivity index (χ4n) is 2.50. The van der Waals surface area contributed by atoms with E-state index in [1.54, 1.807) is 35.2 Å². The van der Waals surface area contributed by atoms with Gasteiger partial charge >= 0.3 is 0 Å². The molecule has 4 heteroatoms. The molecule has 0 radical (unpaired) electrons. The molecule has 4 rings (SSSR count). The molecule has 1 heterocycles. The zero-order chi connectivity index (χ0) is 15.8. The summed E-state index contributed by atoms with van der Waals surface area (Å²) in [6, 6.07) is 20.8. The predicted molar refractivity (Wildman–Crippen MR) is 97.8 cm³/mol. The predicted octanol–water partition coefficient (Wildman–Crippen LogP) is 5.27. The second kappa shape index (κ2) is 5.72. The van der Waals surface area contributed by atoms with Crippen LogP contribution in [0.25, 0.3) is 20.2 Å². The highest BCUT2D eigenvalue weighted by molar-refractivity contribution is 7.99. The molecule has 112 valence electrons. The third kappa shape index (κ3) is 2.71. The van der Waals surface area contributed by atoms with Crippen LogP contribution >= 0.6 is 23.1 Å². The molecule has 4 aromatic rings. The summed E-state index contributed by atoms with van der Waals surface area (Å²) in [4.78, 5) is 14.7. The molecule has 2 nitrogen and oxygen atoms in total. The molecule has 3 aromatic carbocycles. The van der Waals surface area contributed by atoms with Gasteiger partial charge in [-0.2, -0.15) is 0 Å². The van der Waals surface area contributed by atoms with Crippen molar-refractivity contribution >= 4 is 43.3 Å². The zero-order valence-electron chi connectivity index (χ0n) is 12.0. The average Bonchev–Trinajstić information content (AvgIpc) is 2.58. The van der Waals surface area contributed by atoms with E-state index in [1.807, 2.05) is 54.6 Å². The number of rotatable bonds is 2. The summed E-state index contributed by atoms with van der Waals surface area (Å²) in [6.07, 6.45) is 0. The Morgan fingerprint density at radius 3 is 2.30 bits per heavy atom. The number of benzene rings is 3. The van der Waals surface area contributed by atoms with Crippen molar-refractivity contribution in [1.29, 1.82) is 0 Å². The lowest BCUT2D eigenvalue weighted by Gasteiger charge is -2.05. The summed E-state index contributed by atoms with van der Waals surface area (Å²) in [6.45, 7) is 0. The normalized spacial score (nSPS) is 11.1. The Morgan fingerprint density at radius 1 is 0.783 bits per heavy atom. The third-order valence-electron chi connectivity index (χ3n) is 3.62. The standard InChI is InChI=1S/C19H12O2S2/c20-12-5-7-13(8-6-12)22-14-9-10-18-16(11-14)19(21)15-3-1-2-4-17(15)23-18/h1-11,20H. The van der Waals surface area contributed by atoms with Gasteiger partial charge < -0.3 is 5.11 Å². The Morgan fingerprint density at radius 2 is 1.48 bits per heavy atom. The fourth-order valence-corrected chi connectivity index (χ4v) is 4.41. The van der Waals surface area contributed by atoms with Crippen molar-refractivity contribution in [2.24, 2.45) is 0 Å². The molecule has 0 aliphatic rings. The Hall–Kier alpha value is -2.30. The quantitative estimate of drug-likeness (QED) is 0.507. The Bertz CT molecular complexity index is 1070. The van der Waals surface area contributed by atoms with Crippen molar-refractivity contribution < 1.29 is 5.11 Å². The van der Waals surface area contributed by atoms with E-state index < -0.39 is 0 Å². The number of hydrogen-bond acceptors (Lipinski definition) is 4. The first-order valence-corrected chi connectivity index (χ1v) is 8.76. The van der Waals surface area contributed by atoms with Crippen molar-refractivity contribution in [2.75, 3.05) is 0 Å². The van der Waals surface area contributed by atoms with Crippen LogP contribution in [0.5, 0.6) is 5.75 Å². The Kier molecular flexibility index (Phi) is 3.56. The average molecular weight is 336 g/mol. The molecule has 0 amide bonds. The fraction of sp³-hybridized carbons (Fsp3) is 0. The molecule has 1 aromatic heterocycles. The summed E-state index contributed by atoms with van der Waals surface area (Å²) in [5.74, 6) is 0.253. The Balaban J connectivity index is 1.83. The van der Waals surface area contributed by atoms with Gasteiger partial charge in [-0.05, 0) is 54.6 Å². The molecule has 0 aliphatic heterocycles. The van der Waals surface area contributed by atoms with Gasteiger partial charge in [0.1, 0.15) is 5.75 Å². The van der Waals surface area contributed by atoms with Gasteiger partial charge in [0, 0.05) is 30.0 Å². The number of phenols is 1. The maximum atomic E-state index is 12.7. The summed E-state index contributed by atoms with van der Waals surface area (Å²) in [7, 11) is 0. The highest BCUT2D eigenvalue weighted by Crippen LogP contribution is 2.32. The number of phenolic OH excluding ortho intramolecular Hbond substituents is 1. The summed E-state index contributed by atoms with van der Waals surface area (Å²) < 4.78 is 2.02. The molecule has 23 heavy (non-hydrogen) atoms. The monoisotopic (exact) mass is 336 g/mol. The first kappa shape index (κ1) is 14.3. The molecule has 0 aliphatic carbocycles. The van der Waals surface area contributed by atoms with Crippen molar-refractivity contribution in [1.82, 2.24) is 0 Å². The van der Waals surface area contributed by atoms with E-state index in [1.165, 1.54) is 0 Å². The van der Waals surface area contributed by atoms with Gasteiger partial charge in [0.2, 0.25) is 0 Å². The molecular weight excluding hydrogens is 324 g/mol. The highest BCUT2D eigenvalue weighted by Gasteiger charge is 2.07. The molecule has 1 N–H and O–H groups in total. The van der Waals surface area contributed by atoms with Crippen LogP contribution in [0.3, 0.4) is 0 Å². The van der Waals surface area contributed by atoms with Crippen LogP contribution in [0.2, 0.25) is 0 Å². The van der Waals surface area contributed by atoms with Gasteiger partial charge in [-0.25, -0.2) is 0 Å². The molecule has 0 saturated carbocycles. The van der Waals surface area contributed by atoms with Gasteiger partial charge in [0.25, 0.3) is 0 Å². The van der Waals surface area contributed by atoms with Crippen LogP contribution in [0.1, 0.15) is 0 Å². The molecule has 0 bridgehead atoms. The SMILES string of the molecule is O=c1c2ccccc2sc2ccc(Sc3ccc(O)cc3)cc12. The summed E-state index contributed by atoms with van der Waals surface area (Å²) >= 11 is 3.22. The van der Waals surface area contributed by atoms with E-state index in [2.05, 4.69) is 0 Å². The maximum Gasteiger partial charge on any atom is 0.195 e. The van der Waals surface area contributed by atoms with Crippen molar-refractivity contribution in [3.05, 3.63) is 77.0 Å². The van der Waals surface area contributed by atoms with E-state index in [0.29, 0.717) is 0 Å². The maximum absolute atomic E-state index is 12.7. The van der Waals surface area contributed by atoms with Crippen LogP contribution in [-0.4, -0.2) is 5.11 Å². The lowest BCUT2D eigenvalue weighted by molar-refractivity contribution is 0.475. The third-order valence-corrected chi connectivity index (χ3v) is 5.77. The second-order valence-corrected chi connectivity index (χ2v) is 7.41. The largest absolute Gasteiger partial charge is 0.508 e. The zero-order valence-corrected chi connectivity index (χ0v) is 13.7. The van der Waals surface area contributed by atoms with E-state index in [4.69, 9.17) is 0 Å². The second-order valence-electron chi connectivity index (χ2n) is 5.18. The smallest absolute Gasteiger partial charge is 0.195 e. The van der Waals surface area contributed by atoms with E-state index in [0.717, 1.165) is 30.0 Å². The van der Waals surface area contributed by atoms with Gasteiger partial charge in [-0.3, -0.25) is 4.79 Å². The van der Waals surface area contributed by atoms with Crippen LogP contribution < -0.4 is 5.43 Å². The molecule has 0 unspecified atom stereocenters. The lowest BCUT2D eigenvalue weighted by Crippen LogP contribution is -2.00. The Labute approximate surface area is 141 Å². The number of aromatic hydroxyl groups is 1. The summed E-state index contributed by atoms with van der Waals surface area (Å²) in [5.41, 5.74) is 0.0857. The van der Waals surface area contributed by atoms with Gasteiger partial charge in [0.15, 0.2) is 5.43 Å². The summed E-state index contributed by atoms with van der Waals surface area (Å²) in [5, 5.41) is 10.9. The van der Waals surface area contributed by atoms with E-state index in [-0.39, 0.29) is 11.2 Å². The molecule has 0 saturated heterocycles. The minimum atomic E-state index is 0.0857. The highest BCUT2D eigenvalue weighted by atomic mass is 32.2. The van der Waals surface area contributed by atoms with Gasteiger partial charge in [0.05, 0.1) is 0 Å².